The molecule has 1 aromatic heterocycles. The first kappa shape index (κ1) is 18.9. The number of nitrogens with zero attached hydrogens (tertiary/aromatic N) is 2. The van der Waals surface area contributed by atoms with Gasteiger partial charge < -0.3 is 15.0 Å². The largest absolute Gasteiger partial charge is 0.369 e. The predicted molar refractivity (Wildman–Crippen MR) is 101 cm³/mol. The Morgan fingerprint density at radius 1 is 1.31 bits per heavy atom. The predicted octanol–water partition coefficient (Wildman–Crippen LogP) is 2.47. The van der Waals surface area contributed by atoms with Crippen molar-refractivity contribution in [3.05, 3.63) is 52.8 Å². The Morgan fingerprint density at radius 2 is 2.08 bits per heavy atom. The van der Waals surface area contributed by atoms with E-state index in [9.17, 15) is 4.79 Å². The van der Waals surface area contributed by atoms with Gasteiger partial charge in [0, 0.05) is 30.8 Å². The Hall–Kier alpha value is -1.89. The lowest BCUT2D eigenvalue weighted by molar-refractivity contribution is -0.0848. The highest BCUT2D eigenvalue weighted by atomic mass is 35.5. The molecule has 0 saturated carbocycles. The van der Waals surface area contributed by atoms with Gasteiger partial charge in [0.2, 0.25) is 0 Å². The van der Waals surface area contributed by atoms with Gasteiger partial charge in [-0.25, -0.2) is 0 Å². The topological polar surface area (TPSA) is 70.2 Å². The van der Waals surface area contributed by atoms with Gasteiger partial charge in [-0.2, -0.15) is 5.10 Å². The van der Waals surface area contributed by atoms with Crippen molar-refractivity contribution in [2.75, 3.05) is 19.7 Å². The Balaban J connectivity index is 0.00000196. The number of fused-ring (bicyclic) bond motifs is 1. The first-order valence-corrected chi connectivity index (χ1v) is 8.81. The van der Waals surface area contributed by atoms with E-state index < -0.39 is 0 Å². The maximum atomic E-state index is 13.3. The highest BCUT2D eigenvalue weighted by molar-refractivity contribution is 5.94. The number of hydrogen-bond acceptors (Lipinski definition) is 4. The molecule has 2 N–H and O–H groups in total. The third-order valence-electron chi connectivity index (χ3n) is 5.14. The molecule has 0 bridgehead atoms. The van der Waals surface area contributed by atoms with Crippen LogP contribution in [0.25, 0.3) is 0 Å². The minimum absolute atomic E-state index is 0. The average Bonchev–Trinajstić information content (AvgIpc) is 3.06. The zero-order chi connectivity index (χ0) is 17.4. The minimum Gasteiger partial charge on any atom is -0.369 e. The van der Waals surface area contributed by atoms with Crippen molar-refractivity contribution >= 4 is 18.3 Å². The molecule has 0 aliphatic carbocycles. The van der Waals surface area contributed by atoms with E-state index in [1.54, 1.807) is 0 Å². The number of aromatic nitrogens is 2. The van der Waals surface area contributed by atoms with Gasteiger partial charge in [0.1, 0.15) is 6.10 Å². The van der Waals surface area contributed by atoms with Gasteiger partial charge in [-0.3, -0.25) is 9.89 Å². The second kappa shape index (κ2) is 7.39. The second-order valence-corrected chi connectivity index (χ2v) is 7.39. The summed E-state index contributed by atoms with van der Waals surface area (Å²) >= 11 is 0. The molecule has 3 heterocycles. The van der Waals surface area contributed by atoms with Gasteiger partial charge >= 0.3 is 0 Å². The van der Waals surface area contributed by atoms with Crippen LogP contribution in [0.3, 0.4) is 0 Å². The van der Waals surface area contributed by atoms with Crippen molar-refractivity contribution in [2.45, 2.75) is 38.5 Å². The fraction of sp³-hybridized carbons (Fsp3) is 0.474. The maximum absolute atomic E-state index is 13.3. The van der Waals surface area contributed by atoms with Crippen LogP contribution in [0.1, 0.15) is 47.3 Å². The molecule has 1 amide bonds. The minimum atomic E-state index is -0.365. The zero-order valence-corrected chi connectivity index (χ0v) is 15.9. The number of morpholine rings is 1. The van der Waals surface area contributed by atoms with Gasteiger partial charge in [0.25, 0.3) is 5.91 Å². The molecule has 1 fully saturated rings. The number of ether oxygens (including phenoxy) is 1. The van der Waals surface area contributed by atoms with Crippen molar-refractivity contribution in [3.8, 4) is 0 Å². The number of carbonyl (C=O) groups excluding carboxylic acids is 1. The summed E-state index contributed by atoms with van der Waals surface area (Å²) in [7, 11) is 0. The molecular weight excluding hydrogens is 352 g/mol. The van der Waals surface area contributed by atoms with E-state index >= 15 is 0 Å². The summed E-state index contributed by atoms with van der Waals surface area (Å²) in [5.74, 6) is -0.0181. The lowest BCUT2D eigenvalue weighted by Crippen LogP contribution is -2.56. The van der Waals surface area contributed by atoms with E-state index in [0.717, 1.165) is 29.8 Å². The molecule has 2 aliphatic heterocycles. The Bertz CT molecular complexity index is 775. The molecule has 1 atom stereocenters. The highest BCUT2D eigenvalue weighted by Gasteiger charge is 2.40. The third-order valence-corrected chi connectivity index (χ3v) is 5.14. The van der Waals surface area contributed by atoms with E-state index in [4.69, 9.17) is 4.74 Å². The van der Waals surface area contributed by atoms with Gasteiger partial charge in [0.15, 0.2) is 5.69 Å². The number of aromatic amines is 1. The van der Waals surface area contributed by atoms with Crippen LogP contribution in [-0.4, -0.2) is 46.2 Å². The fourth-order valence-electron chi connectivity index (χ4n) is 3.61. The second-order valence-electron chi connectivity index (χ2n) is 7.39. The lowest BCUT2D eigenvalue weighted by Gasteiger charge is -2.45. The summed E-state index contributed by atoms with van der Waals surface area (Å²) in [5, 5.41) is 10.7. The number of carbonyl (C=O) groups is 1. The molecular formula is C19H25ClN4O2. The van der Waals surface area contributed by atoms with Crippen molar-refractivity contribution in [1.29, 1.82) is 0 Å². The lowest BCUT2D eigenvalue weighted by atomic mass is 9.96. The monoisotopic (exact) mass is 376 g/mol. The smallest absolute Gasteiger partial charge is 0.275 e. The first-order chi connectivity index (χ1) is 12.1. The first-order valence-electron chi connectivity index (χ1n) is 8.81. The average molecular weight is 377 g/mol. The van der Waals surface area contributed by atoms with Crippen LogP contribution < -0.4 is 5.32 Å². The SMILES string of the molecule is CC1(C)COC(c2ccccc2)CN1C(=O)c1n[nH]c2c1CNCC2.Cl. The number of amides is 1. The van der Waals surface area contributed by atoms with E-state index in [2.05, 4.69) is 15.5 Å². The van der Waals surface area contributed by atoms with Gasteiger partial charge in [-0.1, -0.05) is 30.3 Å². The van der Waals surface area contributed by atoms with Crippen LogP contribution in [0.5, 0.6) is 0 Å². The number of rotatable bonds is 2. The normalized spacial score (nSPS) is 21.6. The number of H-pyrrole nitrogens is 1. The Kier molecular flexibility index (Phi) is 5.37. The fourth-order valence-corrected chi connectivity index (χ4v) is 3.61. The van der Waals surface area contributed by atoms with Gasteiger partial charge in [-0.15, -0.1) is 12.4 Å². The van der Waals surface area contributed by atoms with Crippen LogP contribution in [0.15, 0.2) is 30.3 Å². The standard InChI is InChI=1S/C19H24N4O2.ClH/c1-19(2)12-25-16(13-6-4-3-5-7-13)11-23(19)18(24)17-14-10-20-9-8-15(14)21-22-17;/h3-7,16,20H,8-12H2,1-2H3,(H,21,22);1H. The molecule has 140 valence electrons. The molecule has 7 heteroatoms. The highest BCUT2D eigenvalue weighted by Crippen LogP contribution is 2.32. The van der Waals surface area contributed by atoms with Crippen LogP contribution in [0.4, 0.5) is 0 Å². The quantitative estimate of drug-likeness (QED) is 0.844. The number of benzene rings is 1. The van der Waals surface area contributed by atoms with Crippen LogP contribution in [0.2, 0.25) is 0 Å². The molecule has 2 aliphatic rings. The molecule has 26 heavy (non-hydrogen) atoms. The van der Waals surface area contributed by atoms with Crippen molar-refractivity contribution < 1.29 is 9.53 Å². The van der Waals surface area contributed by atoms with E-state index in [0.29, 0.717) is 25.4 Å². The van der Waals surface area contributed by atoms with Gasteiger partial charge in [-0.05, 0) is 19.4 Å². The summed E-state index contributed by atoms with van der Waals surface area (Å²) in [6.07, 6.45) is 0.778. The molecule has 1 unspecified atom stereocenters. The van der Waals surface area contributed by atoms with E-state index in [-0.39, 0.29) is 30.0 Å². The van der Waals surface area contributed by atoms with E-state index in [1.165, 1.54) is 0 Å². The molecule has 6 nitrogen and oxygen atoms in total. The summed E-state index contributed by atoms with van der Waals surface area (Å²) in [4.78, 5) is 15.2. The Labute approximate surface area is 159 Å². The number of nitrogens with one attached hydrogen (secondary N) is 2. The number of hydrogen-bond donors (Lipinski definition) is 2. The summed E-state index contributed by atoms with van der Waals surface area (Å²) < 4.78 is 6.06. The summed E-state index contributed by atoms with van der Waals surface area (Å²) in [5.41, 5.74) is 3.36. The van der Waals surface area contributed by atoms with Crippen molar-refractivity contribution in [2.24, 2.45) is 0 Å². The Morgan fingerprint density at radius 3 is 2.85 bits per heavy atom. The molecule has 0 spiro atoms. The van der Waals surface area contributed by atoms with Crippen LogP contribution in [-0.2, 0) is 17.7 Å². The maximum Gasteiger partial charge on any atom is 0.275 e. The summed E-state index contributed by atoms with van der Waals surface area (Å²) in [6, 6.07) is 10.1. The molecule has 1 aromatic carbocycles. The zero-order valence-electron chi connectivity index (χ0n) is 15.1. The molecule has 1 saturated heterocycles. The van der Waals surface area contributed by atoms with Gasteiger partial charge in [0.05, 0.1) is 18.7 Å². The molecule has 0 radical (unpaired) electrons. The summed E-state index contributed by atoms with van der Waals surface area (Å²) in [6.45, 7) is 6.74. The van der Waals surface area contributed by atoms with E-state index in [1.807, 2.05) is 49.1 Å². The molecule has 2 aromatic rings. The number of halogens is 1. The van der Waals surface area contributed by atoms with Crippen LogP contribution >= 0.6 is 12.4 Å². The van der Waals surface area contributed by atoms with Crippen LogP contribution in [0, 0.1) is 0 Å². The van der Waals surface area contributed by atoms with Crippen molar-refractivity contribution in [1.82, 2.24) is 20.4 Å². The van der Waals surface area contributed by atoms with Crippen molar-refractivity contribution in [3.63, 3.8) is 0 Å². The molecule has 4 rings (SSSR count). The third kappa shape index (κ3) is 3.37.